The van der Waals surface area contributed by atoms with Gasteiger partial charge in [0.15, 0.2) is 5.96 Å². The topological polar surface area (TPSA) is 42.9 Å². The zero-order chi connectivity index (χ0) is 17.2. The lowest BCUT2D eigenvalue weighted by Gasteiger charge is -2.21. The Morgan fingerprint density at radius 1 is 1.08 bits per heavy atom. The second-order valence-electron chi connectivity index (χ2n) is 6.30. The highest BCUT2D eigenvalue weighted by molar-refractivity contribution is 6.30. The summed E-state index contributed by atoms with van der Waals surface area (Å²) in [6.07, 6.45) is 2.21. The molecule has 0 unspecified atom stereocenters. The molecule has 0 bridgehead atoms. The third kappa shape index (κ3) is 7.07. The fraction of sp³-hybridized carbons (Fsp3) is 0.611. The van der Waals surface area contributed by atoms with Crippen molar-refractivity contribution >= 4 is 17.6 Å². The van der Waals surface area contributed by atoms with Gasteiger partial charge in [0.2, 0.25) is 0 Å². The number of hydrogen-bond donors (Lipinski definition) is 2. The summed E-state index contributed by atoms with van der Waals surface area (Å²) in [7, 11) is 4.02. The first-order valence-electron chi connectivity index (χ1n) is 8.77. The predicted octanol–water partition coefficient (Wildman–Crippen LogP) is 1.68. The van der Waals surface area contributed by atoms with Crippen LogP contribution in [0.2, 0.25) is 5.02 Å². The molecule has 2 rings (SSSR count). The van der Waals surface area contributed by atoms with Gasteiger partial charge in [0, 0.05) is 44.8 Å². The summed E-state index contributed by atoms with van der Waals surface area (Å²) in [5, 5.41) is 7.56. The Labute approximate surface area is 151 Å². The highest BCUT2D eigenvalue weighted by Gasteiger charge is 2.11. The van der Waals surface area contributed by atoms with E-state index in [4.69, 9.17) is 11.6 Å². The van der Waals surface area contributed by atoms with Gasteiger partial charge in [-0.15, -0.1) is 0 Å². The number of hydrogen-bond acceptors (Lipinski definition) is 3. The Morgan fingerprint density at radius 2 is 1.83 bits per heavy atom. The van der Waals surface area contributed by atoms with E-state index in [-0.39, 0.29) is 0 Å². The van der Waals surface area contributed by atoms with Crippen LogP contribution in [0.4, 0.5) is 0 Å². The van der Waals surface area contributed by atoms with Crippen LogP contribution in [0.5, 0.6) is 0 Å². The van der Waals surface area contributed by atoms with Crippen LogP contribution in [0.15, 0.2) is 29.3 Å². The highest BCUT2D eigenvalue weighted by atomic mass is 35.5. The number of nitrogens with one attached hydrogen (secondary N) is 2. The quantitative estimate of drug-likeness (QED) is 0.604. The van der Waals surface area contributed by atoms with Crippen LogP contribution in [0.1, 0.15) is 12.0 Å². The van der Waals surface area contributed by atoms with Crippen molar-refractivity contribution in [3.05, 3.63) is 34.9 Å². The average molecular weight is 352 g/mol. The molecule has 1 aliphatic rings. The average Bonchev–Trinajstić information content (AvgIpc) is 2.79. The van der Waals surface area contributed by atoms with Gasteiger partial charge in [-0.2, -0.15) is 0 Å². The number of halogens is 1. The van der Waals surface area contributed by atoms with Crippen LogP contribution in [0.3, 0.4) is 0 Å². The molecule has 1 fully saturated rings. The number of rotatable bonds is 6. The van der Waals surface area contributed by atoms with E-state index in [1.54, 1.807) is 0 Å². The molecule has 1 aliphatic heterocycles. The molecule has 1 aromatic carbocycles. The van der Waals surface area contributed by atoms with E-state index in [1.165, 1.54) is 25.1 Å². The lowest BCUT2D eigenvalue weighted by Crippen LogP contribution is -2.42. The summed E-state index contributed by atoms with van der Waals surface area (Å²) in [6.45, 7) is 7.55. The summed E-state index contributed by atoms with van der Waals surface area (Å²) in [4.78, 5) is 9.23. The van der Waals surface area contributed by atoms with E-state index in [0.29, 0.717) is 0 Å². The fourth-order valence-electron chi connectivity index (χ4n) is 2.85. The van der Waals surface area contributed by atoms with Crippen molar-refractivity contribution in [2.75, 3.05) is 59.9 Å². The maximum atomic E-state index is 5.91. The van der Waals surface area contributed by atoms with Crippen molar-refractivity contribution in [2.24, 2.45) is 4.99 Å². The summed E-state index contributed by atoms with van der Waals surface area (Å²) in [5.41, 5.74) is 1.27. The molecule has 1 aromatic rings. The fourth-order valence-corrected chi connectivity index (χ4v) is 2.98. The summed E-state index contributed by atoms with van der Waals surface area (Å²) < 4.78 is 0. The lowest BCUT2D eigenvalue weighted by atomic mass is 10.1. The smallest absolute Gasteiger partial charge is 0.191 e. The Hall–Kier alpha value is -1.30. The second kappa shape index (κ2) is 10.5. The molecular formula is C18H30ClN5. The minimum atomic E-state index is 0.781. The van der Waals surface area contributed by atoms with E-state index < -0.39 is 0 Å². The van der Waals surface area contributed by atoms with Crippen LogP contribution < -0.4 is 10.6 Å². The Balaban J connectivity index is 1.62. The minimum Gasteiger partial charge on any atom is -0.356 e. The molecule has 0 spiro atoms. The minimum absolute atomic E-state index is 0.781. The standard InChI is InChI=1S/C18H30ClN5/c1-20-18(21-9-8-16-4-6-17(19)7-5-16)22-10-13-24-12-3-11-23(2)14-15-24/h4-7H,3,8-15H2,1-2H3,(H2,20,21,22). The largest absolute Gasteiger partial charge is 0.356 e. The van der Waals surface area contributed by atoms with E-state index in [0.717, 1.165) is 50.1 Å². The Bertz CT molecular complexity index is 503. The normalized spacial score (nSPS) is 17.5. The van der Waals surface area contributed by atoms with Gasteiger partial charge >= 0.3 is 0 Å². The van der Waals surface area contributed by atoms with Crippen molar-refractivity contribution in [3.8, 4) is 0 Å². The number of benzene rings is 1. The van der Waals surface area contributed by atoms with Crippen molar-refractivity contribution in [3.63, 3.8) is 0 Å². The van der Waals surface area contributed by atoms with E-state index >= 15 is 0 Å². The third-order valence-corrected chi connectivity index (χ3v) is 4.63. The molecular weight excluding hydrogens is 322 g/mol. The van der Waals surface area contributed by atoms with Crippen LogP contribution in [-0.2, 0) is 6.42 Å². The Kier molecular flexibility index (Phi) is 8.36. The number of likely N-dealkylation sites (N-methyl/N-ethyl adjacent to an activating group) is 1. The molecule has 134 valence electrons. The summed E-state index contributed by atoms with van der Waals surface area (Å²) in [5.74, 6) is 0.871. The zero-order valence-electron chi connectivity index (χ0n) is 14.9. The van der Waals surface area contributed by atoms with Crippen molar-refractivity contribution < 1.29 is 0 Å². The van der Waals surface area contributed by atoms with Gasteiger partial charge in [0.1, 0.15) is 0 Å². The van der Waals surface area contributed by atoms with Gasteiger partial charge in [0.25, 0.3) is 0 Å². The molecule has 5 nitrogen and oxygen atoms in total. The monoisotopic (exact) mass is 351 g/mol. The zero-order valence-corrected chi connectivity index (χ0v) is 15.6. The second-order valence-corrected chi connectivity index (χ2v) is 6.74. The van der Waals surface area contributed by atoms with Gasteiger partial charge in [0.05, 0.1) is 0 Å². The van der Waals surface area contributed by atoms with Crippen LogP contribution >= 0.6 is 11.6 Å². The third-order valence-electron chi connectivity index (χ3n) is 4.38. The first-order valence-corrected chi connectivity index (χ1v) is 9.15. The molecule has 6 heteroatoms. The van der Waals surface area contributed by atoms with Gasteiger partial charge in [-0.25, -0.2) is 0 Å². The molecule has 0 amide bonds. The van der Waals surface area contributed by atoms with E-state index in [2.05, 4.69) is 44.6 Å². The highest BCUT2D eigenvalue weighted by Crippen LogP contribution is 2.09. The van der Waals surface area contributed by atoms with Crippen molar-refractivity contribution in [1.29, 1.82) is 0 Å². The molecule has 24 heavy (non-hydrogen) atoms. The number of guanidine groups is 1. The summed E-state index contributed by atoms with van der Waals surface area (Å²) >= 11 is 5.91. The molecule has 0 aliphatic carbocycles. The maximum Gasteiger partial charge on any atom is 0.191 e. The predicted molar refractivity (Wildman–Crippen MR) is 103 cm³/mol. The lowest BCUT2D eigenvalue weighted by molar-refractivity contribution is 0.280. The molecule has 0 saturated carbocycles. The molecule has 0 radical (unpaired) electrons. The van der Waals surface area contributed by atoms with Gasteiger partial charge < -0.3 is 20.4 Å². The first kappa shape index (κ1) is 19.0. The Morgan fingerprint density at radius 3 is 2.58 bits per heavy atom. The van der Waals surface area contributed by atoms with Crippen molar-refractivity contribution in [2.45, 2.75) is 12.8 Å². The summed E-state index contributed by atoms with van der Waals surface area (Å²) in [6, 6.07) is 8.00. The van der Waals surface area contributed by atoms with Crippen molar-refractivity contribution in [1.82, 2.24) is 20.4 Å². The molecule has 0 aromatic heterocycles. The maximum absolute atomic E-state index is 5.91. The van der Waals surface area contributed by atoms with Gasteiger partial charge in [-0.1, -0.05) is 23.7 Å². The van der Waals surface area contributed by atoms with E-state index in [1.807, 2.05) is 19.2 Å². The van der Waals surface area contributed by atoms with Crippen LogP contribution in [-0.4, -0.2) is 75.7 Å². The first-order chi connectivity index (χ1) is 11.7. The molecule has 1 saturated heterocycles. The molecule has 0 atom stereocenters. The molecule has 2 N–H and O–H groups in total. The van der Waals surface area contributed by atoms with Gasteiger partial charge in [-0.05, 0) is 50.7 Å². The molecule has 1 heterocycles. The van der Waals surface area contributed by atoms with Crippen LogP contribution in [0, 0.1) is 0 Å². The SMILES string of the molecule is CN=C(NCCc1ccc(Cl)cc1)NCCN1CCCN(C)CC1. The van der Waals surface area contributed by atoms with Crippen LogP contribution in [0.25, 0.3) is 0 Å². The number of nitrogens with zero attached hydrogens (tertiary/aromatic N) is 3. The number of aliphatic imine (C=N–C) groups is 1. The van der Waals surface area contributed by atoms with Gasteiger partial charge in [-0.3, -0.25) is 4.99 Å². The van der Waals surface area contributed by atoms with E-state index in [9.17, 15) is 0 Å².